The Balaban J connectivity index is 2.24. The number of carboxylic acid groups (broad SMARTS) is 1. The Morgan fingerprint density at radius 3 is 2.53 bits per heavy atom. The first-order valence-electron chi connectivity index (χ1n) is 5.31. The zero-order valence-electron chi connectivity index (χ0n) is 9.12. The van der Waals surface area contributed by atoms with Crippen molar-refractivity contribution in [3.8, 4) is 0 Å². The highest BCUT2D eigenvalue weighted by Crippen LogP contribution is 2.28. The summed E-state index contributed by atoms with van der Waals surface area (Å²) in [6, 6.07) is -0.263. The average molecular weight is 214 g/mol. The Bertz CT molecular complexity index is 255. The van der Waals surface area contributed by atoms with Crippen molar-refractivity contribution >= 4 is 12.0 Å². The number of nitrogens with one attached hydrogen (secondary N) is 2. The molecule has 1 fully saturated rings. The van der Waals surface area contributed by atoms with Crippen LogP contribution >= 0.6 is 0 Å². The number of carboxylic acids is 1. The van der Waals surface area contributed by atoms with Gasteiger partial charge in [-0.25, -0.2) is 4.79 Å². The number of amides is 2. The van der Waals surface area contributed by atoms with Gasteiger partial charge < -0.3 is 15.7 Å². The van der Waals surface area contributed by atoms with Gasteiger partial charge in [0, 0.05) is 12.1 Å². The number of carbonyl (C=O) groups excluding carboxylic acids is 1. The second kappa shape index (κ2) is 5.00. The number of hydrogen-bond acceptors (Lipinski definition) is 2. The van der Waals surface area contributed by atoms with Crippen LogP contribution in [0.1, 0.15) is 33.1 Å². The molecule has 0 aliphatic heterocycles. The zero-order valence-corrected chi connectivity index (χ0v) is 9.12. The van der Waals surface area contributed by atoms with Gasteiger partial charge >= 0.3 is 12.0 Å². The van der Waals surface area contributed by atoms with Crippen molar-refractivity contribution in [2.45, 2.75) is 45.2 Å². The van der Waals surface area contributed by atoms with Crippen LogP contribution in [0.3, 0.4) is 0 Å². The summed E-state index contributed by atoms with van der Waals surface area (Å²) >= 11 is 0. The fraction of sp³-hybridized carbons (Fsp3) is 0.800. The van der Waals surface area contributed by atoms with E-state index in [2.05, 4.69) is 17.6 Å². The van der Waals surface area contributed by atoms with Crippen LogP contribution in [0.2, 0.25) is 0 Å². The molecule has 0 spiro atoms. The highest BCUT2D eigenvalue weighted by atomic mass is 16.4. The Morgan fingerprint density at radius 2 is 2.13 bits per heavy atom. The Labute approximate surface area is 89.2 Å². The largest absolute Gasteiger partial charge is 0.481 e. The number of urea groups is 1. The maximum absolute atomic E-state index is 11.4. The van der Waals surface area contributed by atoms with E-state index < -0.39 is 5.97 Å². The molecule has 0 radical (unpaired) electrons. The minimum atomic E-state index is -0.887. The molecule has 0 aromatic rings. The van der Waals surface area contributed by atoms with Gasteiger partial charge in [0.25, 0.3) is 0 Å². The lowest BCUT2D eigenvalue weighted by atomic mass is 10.1. The van der Waals surface area contributed by atoms with Crippen LogP contribution in [0.25, 0.3) is 0 Å². The van der Waals surface area contributed by atoms with Crippen molar-refractivity contribution in [1.82, 2.24) is 10.6 Å². The summed E-state index contributed by atoms with van der Waals surface area (Å²) in [6.45, 7) is 3.92. The summed E-state index contributed by atoms with van der Waals surface area (Å²) in [5.74, 6) is -0.336. The monoisotopic (exact) mass is 214 g/mol. The first-order valence-corrected chi connectivity index (χ1v) is 5.31. The van der Waals surface area contributed by atoms with E-state index in [4.69, 9.17) is 5.11 Å². The maximum Gasteiger partial charge on any atom is 0.315 e. The van der Waals surface area contributed by atoms with E-state index >= 15 is 0 Å². The van der Waals surface area contributed by atoms with E-state index in [0.29, 0.717) is 12.3 Å². The van der Waals surface area contributed by atoms with Gasteiger partial charge in [0.2, 0.25) is 0 Å². The smallest absolute Gasteiger partial charge is 0.315 e. The Hall–Kier alpha value is -1.26. The number of hydrogen-bond donors (Lipinski definition) is 3. The lowest BCUT2D eigenvalue weighted by molar-refractivity contribution is -0.137. The van der Waals surface area contributed by atoms with Crippen LogP contribution in [-0.4, -0.2) is 29.2 Å². The van der Waals surface area contributed by atoms with Crippen molar-refractivity contribution in [3.05, 3.63) is 0 Å². The average Bonchev–Trinajstić information content (AvgIpc) is 2.79. The summed E-state index contributed by atoms with van der Waals surface area (Å²) in [5, 5.41) is 14.1. The molecular weight excluding hydrogens is 196 g/mol. The molecule has 3 N–H and O–H groups in total. The summed E-state index contributed by atoms with van der Waals surface area (Å²) in [4.78, 5) is 21.8. The van der Waals surface area contributed by atoms with Crippen LogP contribution in [0, 0.1) is 5.92 Å². The second-order valence-electron chi connectivity index (χ2n) is 4.14. The van der Waals surface area contributed by atoms with Gasteiger partial charge in [0.15, 0.2) is 0 Å². The fourth-order valence-electron chi connectivity index (χ4n) is 1.43. The first kappa shape index (κ1) is 11.8. The predicted octanol–water partition coefficient (Wildman–Crippen LogP) is 0.947. The van der Waals surface area contributed by atoms with Gasteiger partial charge in [-0.15, -0.1) is 0 Å². The molecule has 86 valence electrons. The predicted molar refractivity (Wildman–Crippen MR) is 55.6 cm³/mol. The van der Waals surface area contributed by atoms with Gasteiger partial charge in [-0.3, -0.25) is 4.79 Å². The van der Waals surface area contributed by atoms with E-state index in [1.807, 2.05) is 6.92 Å². The van der Waals surface area contributed by atoms with Crippen molar-refractivity contribution in [2.24, 2.45) is 5.92 Å². The molecule has 1 rings (SSSR count). The van der Waals surface area contributed by atoms with Gasteiger partial charge in [0.1, 0.15) is 0 Å². The van der Waals surface area contributed by atoms with Crippen LogP contribution < -0.4 is 10.6 Å². The lowest BCUT2D eigenvalue weighted by Crippen LogP contribution is -2.43. The molecule has 0 heterocycles. The molecule has 1 saturated carbocycles. The van der Waals surface area contributed by atoms with Gasteiger partial charge in [0.05, 0.1) is 6.42 Å². The highest BCUT2D eigenvalue weighted by Gasteiger charge is 2.34. The van der Waals surface area contributed by atoms with Crippen molar-refractivity contribution in [3.63, 3.8) is 0 Å². The van der Waals surface area contributed by atoms with Crippen LogP contribution in [-0.2, 0) is 4.79 Å². The summed E-state index contributed by atoms with van der Waals surface area (Å²) in [5.41, 5.74) is 0. The van der Waals surface area contributed by atoms with E-state index in [1.54, 1.807) is 0 Å². The molecular formula is C10H18N2O3. The normalized spacial score (nSPS) is 25.5. The van der Waals surface area contributed by atoms with E-state index in [0.717, 1.165) is 6.42 Å². The SMILES string of the molecule is CCC(CC(=O)O)NC(=O)NC1CC1C. The minimum absolute atomic E-state index is 0.0237. The van der Waals surface area contributed by atoms with Gasteiger partial charge in [-0.2, -0.15) is 0 Å². The minimum Gasteiger partial charge on any atom is -0.481 e. The van der Waals surface area contributed by atoms with Gasteiger partial charge in [-0.05, 0) is 18.8 Å². The third-order valence-electron chi connectivity index (χ3n) is 2.68. The van der Waals surface area contributed by atoms with Crippen LogP contribution in [0.5, 0.6) is 0 Å². The molecule has 0 aromatic carbocycles. The Morgan fingerprint density at radius 1 is 1.53 bits per heavy atom. The number of aliphatic carboxylic acids is 1. The van der Waals surface area contributed by atoms with Crippen molar-refractivity contribution in [2.75, 3.05) is 0 Å². The zero-order chi connectivity index (χ0) is 11.4. The van der Waals surface area contributed by atoms with E-state index in [1.165, 1.54) is 0 Å². The second-order valence-corrected chi connectivity index (χ2v) is 4.14. The number of carbonyl (C=O) groups is 2. The first-order chi connectivity index (χ1) is 7.02. The van der Waals surface area contributed by atoms with E-state index in [9.17, 15) is 9.59 Å². The highest BCUT2D eigenvalue weighted by molar-refractivity contribution is 5.76. The molecule has 3 unspecified atom stereocenters. The summed E-state index contributed by atoms with van der Waals surface area (Å²) in [7, 11) is 0. The van der Waals surface area contributed by atoms with E-state index in [-0.39, 0.29) is 24.5 Å². The fourth-order valence-corrected chi connectivity index (χ4v) is 1.43. The summed E-state index contributed by atoms with van der Waals surface area (Å²) < 4.78 is 0. The number of rotatable bonds is 5. The molecule has 1 aliphatic carbocycles. The van der Waals surface area contributed by atoms with Crippen LogP contribution in [0.15, 0.2) is 0 Å². The third kappa shape index (κ3) is 4.18. The topological polar surface area (TPSA) is 78.4 Å². The molecule has 0 aromatic heterocycles. The molecule has 5 nitrogen and oxygen atoms in total. The molecule has 0 bridgehead atoms. The van der Waals surface area contributed by atoms with Crippen LogP contribution in [0.4, 0.5) is 4.79 Å². The third-order valence-corrected chi connectivity index (χ3v) is 2.68. The molecule has 15 heavy (non-hydrogen) atoms. The Kier molecular flexibility index (Phi) is 3.94. The van der Waals surface area contributed by atoms with Gasteiger partial charge in [-0.1, -0.05) is 13.8 Å². The summed E-state index contributed by atoms with van der Waals surface area (Å²) in [6.07, 6.45) is 1.62. The van der Waals surface area contributed by atoms with Crippen molar-refractivity contribution in [1.29, 1.82) is 0 Å². The molecule has 3 atom stereocenters. The maximum atomic E-state index is 11.4. The molecule has 2 amide bonds. The molecule has 0 saturated heterocycles. The molecule has 5 heteroatoms. The molecule has 1 aliphatic rings. The standard InChI is InChI=1S/C10H18N2O3/c1-3-7(5-9(13)14)11-10(15)12-8-4-6(8)2/h6-8H,3-5H2,1-2H3,(H,13,14)(H2,11,12,15). The lowest BCUT2D eigenvalue weighted by Gasteiger charge is -2.15. The van der Waals surface area contributed by atoms with Crippen molar-refractivity contribution < 1.29 is 14.7 Å². The quantitative estimate of drug-likeness (QED) is 0.637.